The van der Waals surface area contributed by atoms with Crippen molar-refractivity contribution in [3.05, 3.63) is 70.7 Å². The zero-order chi connectivity index (χ0) is 22.8. The van der Waals surface area contributed by atoms with Crippen LogP contribution in [0.5, 0.6) is 11.5 Å². The quantitative estimate of drug-likeness (QED) is 0.285. The summed E-state index contributed by atoms with van der Waals surface area (Å²) in [6.07, 6.45) is 1.63. The van der Waals surface area contributed by atoms with E-state index in [0.717, 1.165) is 0 Å². The normalized spacial score (nSPS) is 10.2. The van der Waals surface area contributed by atoms with Crippen molar-refractivity contribution in [2.75, 3.05) is 13.2 Å². The van der Waals surface area contributed by atoms with Gasteiger partial charge < -0.3 is 9.47 Å². The van der Waals surface area contributed by atoms with Crippen LogP contribution in [0.25, 0.3) is 0 Å². The fourth-order valence-electron chi connectivity index (χ4n) is 2.27. The number of benzene rings is 2. The third-order valence-corrected chi connectivity index (χ3v) is 4.59. The maximum atomic E-state index is 12.4. The van der Waals surface area contributed by atoms with Crippen LogP contribution >= 0.6 is 28.1 Å². The topological polar surface area (TPSA) is 88.7 Å². The van der Waals surface area contributed by atoms with Crippen LogP contribution in [0.4, 0.5) is 0 Å². The molecule has 0 spiro atoms. The lowest BCUT2D eigenvalue weighted by molar-refractivity contribution is 0.0934. The molecule has 3 N–H and O–H groups in total. The fraction of sp³-hybridized carbons (Fsp3) is 0.227. The Morgan fingerprint density at radius 2 is 1.74 bits per heavy atom. The van der Waals surface area contributed by atoms with Crippen molar-refractivity contribution in [3.63, 3.8) is 0 Å². The number of thiocarbonyl (C=S) groups is 1. The predicted octanol–water partition coefficient (Wildman–Crippen LogP) is 4.00. The zero-order valence-electron chi connectivity index (χ0n) is 17.2. The molecule has 7 nitrogen and oxygen atoms in total. The highest BCUT2D eigenvalue weighted by atomic mass is 79.9. The van der Waals surface area contributed by atoms with Gasteiger partial charge in [-0.2, -0.15) is 0 Å². The second-order valence-corrected chi connectivity index (χ2v) is 8.10. The van der Waals surface area contributed by atoms with E-state index in [1.165, 1.54) is 0 Å². The SMILES string of the molecule is C=CCOc1ccc(C(=O)NNC(=S)NC(=O)c2ccc(OCC(C)C)c(Br)c2)cc1. The van der Waals surface area contributed by atoms with Crippen molar-refractivity contribution in [1.29, 1.82) is 0 Å². The van der Waals surface area contributed by atoms with Crippen LogP contribution in [-0.4, -0.2) is 30.1 Å². The summed E-state index contributed by atoms with van der Waals surface area (Å²) >= 11 is 8.47. The molecular formula is C22H24BrN3O4S. The lowest BCUT2D eigenvalue weighted by Crippen LogP contribution is -2.48. The van der Waals surface area contributed by atoms with Gasteiger partial charge in [-0.1, -0.05) is 26.5 Å². The molecule has 0 bridgehead atoms. The van der Waals surface area contributed by atoms with Gasteiger partial charge >= 0.3 is 0 Å². The van der Waals surface area contributed by atoms with Crippen molar-refractivity contribution in [3.8, 4) is 11.5 Å². The van der Waals surface area contributed by atoms with E-state index in [-0.39, 0.29) is 5.11 Å². The van der Waals surface area contributed by atoms with E-state index in [4.69, 9.17) is 21.7 Å². The maximum absolute atomic E-state index is 12.4. The molecule has 2 aromatic rings. The van der Waals surface area contributed by atoms with Gasteiger partial charge in [0.25, 0.3) is 11.8 Å². The Balaban J connectivity index is 1.85. The average Bonchev–Trinajstić information content (AvgIpc) is 2.75. The molecule has 164 valence electrons. The Labute approximate surface area is 195 Å². The summed E-state index contributed by atoms with van der Waals surface area (Å²) in [7, 11) is 0. The summed E-state index contributed by atoms with van der Waals surface area (Å²) in [6.45, 7) is 8.63. The van der Waals surface area contributed by atoms with Crippen molar-refractivity contribution in [2.45, 2.75) is 13.8 Å². The predicted molar refractivity (Wildman–Crippen MR) is 127 cm³/mol. The fourth-order valence-corrected chi connectivity index (χ4v) is 2.90. The molecule has 0 saturated heterocycles. The molecule has 0 aromatic heterocycles. The van der Waals surface area contributed by atoms with Crippen molar-refractivity contribution in [2.24, 2.45) is 5.92 Å². The first-order valence-corrected chi connectivity index (χ1v) is 10.7. The first kappa shape index (κ1) is 24.4. The van der Waals surface area contributed by atoms with E-state index in [2.05, 4.69) is 52.5 Å². The second kappa shape index (κ2) is 12.1. The highest BCUT2D eigenvalue weighted by Gasteiger charge is 2.12. The summed E-state index contributed by atoms with van der Waals surface area (Å²) < 4.78 is 11.7. The highest BCUT2D eigenvalue weighted by Crippen LogP contribution is 2.26. The van der Waals surface area contributed by atoms with E-state index >= 15 is 0 Å². The molecule has 2 aromatic carbocycles. The van der Waals surface area contributed by atoms with Crippen LogP contribution < -0.4 is 25.6 Å². The summed E-state index contributed by atoms with van der Waals surface area (Å²) in [5.74, 6) is 0.822. The van der Waals surface area contributed by atoms with Crippen molar-refractivity contribution >= 4 is 45.1 Å². The Hall–Kier alpha value is -2.91. The summed E-state index contributed by atoms with van der Waals surface area (Å²) in [5.41, 5.74) is 5.72. The van der Waals surface area contributed by atoms with Gasteiger partial charge in [-0.3, -0.25) is 25.8 Å². The zero-order valence-corrected chi connectivity index (χ0v) is 19.6. The molecule has 0 atom stereocenters. The lowest BCUT2D eigenvalue weighted by atomic mass is 10.2. The molecule has 0 aliphatic carbocycles. The van der Waals surface area contributed by atoms with E-state index in [1.807, 2.05) is 0 Å². The molecule has 0 fully saturated rings. The largest absolute Gasteiger partial charge is 0.492 e. The van der Waals surface area contributed by atoms with E-state index in [0.29, 0.717) is 46.2 Å². The van der Waals surface area contributed by atoms with Gasteiger partial charge in [0.2, 0.25) is 0 Å². The summed E-state index contributed by atoms with van der Waals surface area (Å²) in [6, 6.07) is 11.5. The Bertz CT molecular complexity index is 948. The van der Waals surface area contributed by atoms with Crippen LogP contribution in [0.2, 0.25) is 0 Å². The molecule has 0 aliphatic rings. The van der Waals surface area contributed by atoms with Crippen LogP contribution in [0.1, 0.15) is 34.6 Å². The van der Waals surface area contributed by atoms with Gasteiger partial charge in [0.15, 0.2) is 5.11 Å². The molecule has 0 saturated carbocycles. The molecular weight excluding hydrogens is 482 g/mol. The van der Waals surface area contributed by atoms with Crippen molar-refractivity contribution < 1.29 is 19.1 Å². The van der Waals surface area contributed by atoms with E-state index in [1.54, 1.807) is 48.5 Å². The number of nitrogens with one attached hydrogen (secondary N) is 3. The molecule has 0 aliphatic heterocycles. The van der Waals surface area contributed by atoms with Crippen LogP contribution in [0.3, 0.4) is 0 Å². The molecule has 9 heteroatoms. The number of ether oxygens (including phenoxy) is 2. The van der Waals surface area contributed by atoms with Gasteiger partial charge in [-0.15, -0.1) is 0 Å². The number of hydrazine groups is 1. The average molecular weight is 506 g/mol. The van der Waals surface area contributed by atoms with Gasteiger partial charge in [0, 0.05) is 11.1 Å². The minimum Gasteiger partial charge on any atom is -0.492 e. The molecule has 0 unspecified atom stereocenters. The molecule has 31 heavy (non-hydrogen) atoms. The number of rotatable bonds is 8. The van der Waals surface area contributed by atoms with Gasteiger partial charge in [-0.05, 0) is 76.5 Å². The lowest BCUT2D eigenvalue weighted by Gasteiger charge is -2.13. The van der Waals surface area contributed by atoms with Crippen LogP contribution in [0, 0.1) is 5.92 Å². The Morgan fingerprint density at radius 1 is 1.06 bits per heavy atom. The number of carbonyl (C=O) groups excluding carboxylic acids is 2. The Morgan fingerprint density at radius 3 is 2.35 bits per heavy atom. The third kappa shape index (κ3) is 8.03. The van der Waals surface area contributed by atoms with Gasteiger partial charge in [0.05, 0.1) is 11.1 Å². The van der Waals surface area contributed by atoms with Crippen molar-refractivity contribution in [1.82, 2.24) is 16.2 Å². The monoisotopic (exact) mass is 505 g/mol. The highest BCUT2D eigenvalue weighted by molar-refractivity contribution is 9.10. The smallest absolute Gasteiger partial charge is 0.269 e. The number of carbonyl (C=O) groups is 2. The summed E-state index contributed by atoms with van der Waals surface area (Å²) in [5, 5.41) is 2.47. The van der Waals surface area contributed by atoms with E-state index < -0.39 is 11.8 Å². The third-order valence-electron chi connectivity index (χ3n) is 3.77. The van der Waals surface area contributed by atoms with Crippen LogP contribution in [-0.2, 0) is 0 Å². The molecule has 2 amide bonds. The standard InChI is InChI=1S/C22H24BrN3O4S/c1-4-11-29-17-8-5-15(6-9-17)21(28)25-26-22(31)24-20(27)16-7-10-19(18(23)12-16)30-13-14(2)3/h4-10,12,14H,1,11,13H2,2-3H3,(H,25,28)(H2,24,26,27,31). The number of hydrogen-bond acceptors (Lipinski definition) is 5. The second-order valence-electron chi connectivity index (χ2n) is 6.84. The molecule has 0 heterocycles. The number of halogens is 1. The molecule has 2 rings (SSSR count). The van der Waals surface area contributed by atoms with Gasteiger partial charge in [0.1, 0.15) is 18.1 Å². The first-order chi connectivity index (χ1) is 14.8. The first-order valence-electron chi connectivity index (χ1n) is 9.48. The number of amides is 2. The number of hydrogen-bond donors (Lipinski definition) is 3. The van der Waals surface area contributed by atoms with E-state index in [9.17, 15) is 9.59 Å². The maximum Gasteiger partial charge on any atom is 0.269 e. The molecule has 0 radical (unpaired) electrons. The van der Waals surface area contributed by atoms with Crippen LogP contribution in [0.15, 0.2) is 59.6 Å². The minimum atomic E-state index is -0.424. The Kier molecular flexibility index (Phi) is 9.48. The van der Waals surface area contributed by atoms with Gasteiger partial charge in [-0.25, -0.2) is 0 Å². The minimum absolute atomic E-state index is 0.0412. The summed E-state index contributed by atoms with van der Waals surface area (Å²) in [4.78, 5) is 24.6.